The van der Waals surface area contributed by atoms with E-state index in [0.29, 0.717) is 29.3 Å². The van der Waals surface area contributed by atoms with E-state index in [2.05, 4.69) is 49.0 Å². The summed E-state index contributed by atoms with van der Waals surface area (Å²) in [6.45, 7) is 10.4. The van der Waals surface area contributed by atoms with Crippen molar-refractivity contribution in [3.63, 3.8) is 0 Å². The lowest BCUT2D eigenvalue weighted by atomic mass is 10.1. The second kappa shape index (κ2) is 8.22. The number of fused-ring (bicyclic) bond motifs is 1. The second-order valence-corrected chi connectivity index (χ2v) is 9.38. The van der Waals surface area contributed by atoms with Gasteiger partial charge in [-0.2, -0.15) is 10.1 Å². The van der Waals surface area contributed by atoms with Crippen molar-refractivity contribution in [3.05, 3.63) is 45.4 Å². The molecule has 162 valence electrons. The molecule has 0 spiro atoms. The van der Waals surface area contributed by atoms with Crippen molar-refractivity contribution >= 4 is 28.3 Å². The Hall–Kier alpha value is -3.07. The molecule has 4 aromatic heterocycles. The van der Waals surface area contributed by atoms with Crippen LogP contribution >= 0.6 is 11.3 Å². The Bertz CT molecular complexity index is 1250. The first-order valence-corrected chi connectivity index (χ1v) is 11.1. The summed E-state index contributed by atoms with van der Waals surface area (Å²) in [5.41, 5.74) is 3.09. The fourth-order valence-corrected chi connectivity index (χ4v) is 4.51. The minimum atomic E-state index is -0.141. The first-order valence-electron chi connectivity index (χ1n) is 10.3. The minimum Gasteiger partial charge on any atom is -0.337 e. The minimum absolute atomic E-state index is 0.122. The molecule has 1 amide bonds. The summed E-state index contributed by atoms with van der Waals surface area (Å²) in [6.07, 6.45) is 2.41. The fraction of sp³-hybridized carbons (Fsp3) is 0.409. The standard InChI is InChI=1S/C22H26N6O2S/c1-7-19-25-20(30-26-19)11-27(6)22(29)16-9-18(15-8-13(4)31-14(15)5)24-21-17(16)10-23-28(21)12(2)3/h8-10,12H,7,11H2,1-6H3. The van der Waals surface area contributed by atoms with Gasteiger partial charge >= 0.3 is 0 Å². The zero-order valence-corrected chi connectivity index (χ0v) is 19.4. The van der Waals surface area contributed by atoms with Gasteiger partial charge in [0.2, 0.25) is 5.89 Å². The zero-order chi connectivity index (χ0) is 22.3. The van der Waals surface area contributed by atoms with Crippen LogP contribution in [0.15, 0.2) is 22.9 Å². The molecule has 0 aromatic carbocycles. The first-order chi connectivity index (χ1) is 14.8. The van der Waals surface area contributed by atoms with Gasteiger partial charge in [-0.1, -0.05) is 12.1 Å². The van der Waals surface area contributed by atoms with Crippen molar-refractivity contribution in [2.24, 2.45) is 0 Å². The van der Waals surface area contributed by atoms with Crippen molar-refractivity contribution in [1.82, 2.24) is 29.8 Å². The number of amides is 1. The highest BCUT2D eigenvalue weighted by Crippen LogP contribution is 2.33. The van der Waals surface area contributed by atoms with Crippen LogP contribution < -0.4 is 0 Å². The quantitative estimate of drug-likeness (QED) is 0.438. The summed E-state index contributed by atoms with van der Waals surface area (Å²) < 4.78 is 7.12. The van der Waals surface area contributed by atoms with E-state index in [0.717, 1.165) is 16.6 Å². The largest absolute Gasteiger partial charge is 0.337 e. The molecule has 0 aliphatic carbocycles. The molecule has 0 unspecified atom stereocenters. The molecule has 9 heteroatoms. The number of nitrogens with zero attached hydrogens (tertiary/aromatic N) is 6. The van der Waals surface area contributed by atoms with Gasteiger partial charge < -0.3 is 9.42 Å². The third-order valence-corrected chi connectivity index (χ3v) is 6.11. The van der Waals surface area contributed by atoms with E-state index in [1.165, 1.54) is 9.75 Å². The third kappa shape index (κ3) is 3.97. The van der Waals surface area contributed by atoms with Gasteiger partial charge in [0.15, 0.2) is 11.5 Å². The van der Waals surface area contributed by atoms with E-state index in [4.69, 9.17) is 9.51 Å². The lowest BCUT2D eigenvalue weighted by Gasteiger charge is -2.16. The summed E-state index contributed by atoms with van der Waals surface area (Å²) in [4.78, 5) is 26.6. The molecule has 4 aromatic rings. The first kappa shape index (κ1) is 21.2. The number of hydrogen-bond donors (Lipinski definition) is 0. The van der Waals surface area contributed by atoms with E-state index in [-0.39, 0.29) is 18.5 Å². The van der Waals surface area contributed by atoms with Crippen LogP contribution in [0.25, 0.3) is 22.3 Å². The Kier molecular flexibility index (Phi) is 5.62. The molecule has 0 atom stereocenters. The van der Waals surface area contributed by atoms with Crippen LogP contribution in [0.5, 0.6) is 0 Å². The SMILES string of the molecule is CCc1noc(CN(C)C(=O)c2cc(-c3cc(C)sc3C)nc3c2cnn3C(C)C)n1. The highest BCUT2D eigenvalue weighted by Gasteiger charge is 2.23. The highest BCUT2D eigenvalue weighted by molar-refractivity contribution is 7.12. The Balaban J connectivity index is 1.79. The average molecular weight is 439 g/mol. The summed E-state index contributed by atoms with van der Waals surface area (Å²) >= 11 is 1.72. The number of aromatic nitrogens is 5. The van der Waals surface area contributed by atoms with Crippen molar-refractivity contribution in [1.29, 1.82) is 0 Å². The Morgan fingerprint density at radius 1 is 1.26 bits per heavy atom. The Labute approximate surface area is 184 Å². The molecule has 0 fully saturated rings. The van der Waals surface area contributed by atoms with E-state index < -0.39 is 0 Å². The zero-order valence-electron chi connectivity index (χ0n) is 18.6. The molecule has 0 aliphatic heterocycles. The van der Waals surface area contributed by atoms with Crippen LogP contribution in [0.2, 0.25) is 0 Å². The van der Waals surface area contributed by atoms with Crippen LogP contribution in [0.1, 0.15) is 58.6 Å². The molecule has 0 N–H and O–H groups in total. The Morgan fingerprint density at radius 3 is 2.65 bits per heavy atom. The van der Waals surface area contributed by atoms with Crippen LogP contribution in [0, 0.1) is 13.8 Å². The normalized spacial score (nSPS) is 11.6. The maximum absolute atomic E-state index is 13.5. The lowest BCUT2D eigenvalue weighted by molar-refractivity contribution is 0.0771. The number of rotatable bonds is 6. The third-order valence-electron chi connectivity index (χ3n) is 5.15. The van der Waals surface area contributed by atoms with E-state index in [1.807, 2.05) is 17.7 Å². The fourth-order valence-electron chi connectivity index (χ4n) is 3.57. The maximum Gasteiger partial charge on any atom is 0.254 e. The van der Waals surface area contributed by atoms with Crippen molar-refractivity contribution in [3.8, 4) is 11.3 Å². The smallest absolute Gasteiger partial charge is 0.254 e. The lowest BCUT2D eigenvalue weighted by Crippen LogP contribution is -2.26. The van der Waals surface area contributed by atoms with E-state index >= 15 is 0 Å². The molecular weight excluding hydrogens is 412 g/mol. The van der Waals surface area contributed by atoms with E-state index in [9.17, 15) is 4.79 Å². The van der Waals surface area contributed by atoms with Gasteiger partial charge in [0.25, 0.3) is 5.91 Å². The van der Waals surface area contributed by atoms with E-state index in [1.54, 1.807) is 29.5 Å². The van der Waals surface area contributed by atoms with Gasteiger partial charge in [-0.25, -0.2) is 9.67 Å². The maximum atomic E-state index is 13.5. The van der Waals surface area contributed by atoms with Gasteiger partial charge in [0, 0.05) is 34.8 Å². The number of carbonyl (C=O) groups is 1. The predicted molar refractivity (Wildman–Crippen MR) is 120 cm³/mol. The van der Waals surface area contributed by atoms with Crippen molar-refractivity contribution in [2.75, 3.05) is 7.05 Å². The summed E-state index contributed by atoms with van der Waals surface area (Å²) in [7, 11) is 1.73. The van der Waals surface area contributed by atoms with Crippen molar-refractivity contribution in [2.45, 2.75) is 53.6 Å². The summed E-state index contributed by atoms with van der Waals surface area (Å²) in [5.74, 6) is 0.907. The monoisotopic (exact) mass is 438 g/mol. The Morgan fingerprint density at radius 2 is 2.03 bits per heavy atom. The molecule has 0 bridgehead atoms. The van der Waals surface area contributed by atoms with Gasteiger partial charge in [-0.3, -0.25) is 4.79 Å². The van der Waals surface area contributed by atoms with Gasteiger partial charge in [-0.05, 0) is 39.8 Å². The molecule has 8 nitrogen and oxygen atoms in total. The molecular formula is C22H26N6O2S. The molecule has 0 saturated heterocycles. The van der Waals surface area contributed by atoms with Crippen molar-refractivity contribution < 1.29 is 9.32 Å². The molecule has 0 aliphatic rings. The number of thiophene rings is 1. The van der Waals surface area contributed by atoms with Gasteiger partial charge in [0.05, 0.1) is 29.4 Å². The topological polar surface area (TPSA) is 89.9 Å². The van der Waals surface area contributed by atoms with Crippen LogP contribution in [-0.4, -0.2) is 42.8 Å². The molecule has 0 saturated carbocycles. The number of aryl methyl sites for hydroxylation is 3. The number of hydrogen-bond acceptors (Lipinski definition) is 7. The second-order valence-electron chi connectivity index (χ2n) is 7.92. The van der Waals surface area contributed by atoms with Crippen LogP contribution in [0.3, 0.4) is 0 Å². The van der Waals surface area contributed by atoms with Gasteiger partial charge in [0.1, 0.15) is 0 Å². The number of carbonyl (C=O) groups excluding carboxylic acids is 1. The summed E-state index contributed by atoms with van der Waals surface area (Å²) in [5, 5.41) is 9.15. The molecule has 4 heterocycles. The average Bonchev–Trinajstić information content (AvgIpc) is 3.44. The van der Waals surface area contributed by atoms with Crippen LogP contribution in [0.4, 0.5) is 0 Å². The molecule has 31 heavy (non-hydrogen) atoms. The molecule has 4 rings (SSSR count). The molecule has 0 radical (unpaired) electrons. The highest BCUT2D eigenvalue weighted by atomic mass is 32.1. The number of pyridine rings is 1. The predicted octanol–water partition coefficient (Wildman–Crippen LogP) is 4.58. The summed E-state index contributed by atoms with van der Waals surface area (Å²) in [6, 6.07) is 4.11. The van der Waals surface area contributed by atoms with Crippen LogP contribution in [-0.2, 0) is 13.0 Å². The van der Waals surface area contributed by atoms with Gasteiger partial charge in [-0.15, -0.1) is 11.3 Å².